The van der Waals surface area contributed by atoms with Crippen LogP contribution in [-0.2, 0) is 4.79 Å². The van der Waals surface area contributed by atoms with Gasteiger partial charge in [-0.05, 0) is 26.0 Å². The second kappa shape index (κ2) is 6.62. The Morgan fingerprint density at radius 3 is 2.73 bits per heavy atom. The molecular formula is C12H22N2O. The topological polar surface area (TPSA) is 32.3 Å². The number of carbonyl (C=O) groups is 1. The van der Waals surface area contributed by atoms with Crippen molar-refractivity contribution >= 4 is 5.91 Å². The number of carbonyl (C=O) groups excluding carboxylic acids is 1. The second-order valence-electron chi connectivity index (χ2n) is 4.27. The standard InChI is InChI=1S/C12H22N2O/c1-3-12(15)13-9-10-14(2)11-7-5-4-6-8-11/h3,11H,1,4-10H2,2H3,(H,13,15). The molecule has 3 nitrogen and oxygen atoms in total. The molecule has 1 aliphatic carbocycles. The number of rotatable bonds is 5. The fourth-order valence-corrected chi connectivity index (χ4v) is 2.13. The third-order valence-electron chi connectivity index (χ3n) is 3.15. The molecule has 1 N–H and O–H groups in total. The van der Waals surface area contributed by atoms with Crippen molar-refractivity contribution in [3.63, 3.8) is 0 Å². The summed E-state index contributed by atoms with van der Waals surface area (Å²) < 4.78 is 0. The SMILES string of the molecule is C=CC(=O)NCCN(C)C1CCCCC1. The quantitative estimate of drug-likeness (QED) is 0.698. The Morgan fingerprint density at radius 1 is 1.47 bits per heavy atom. The van der Waals surface area contributed by atoms with Crippen molar-refractivity contribution in [3.8, 4) is 0 Å². The molecule has 0 radical (unpaired) electrons. The molecule has 86 valence electrons. The summed E-state index contributed by atoms with van der Waals surface area (Å²) in [7, 11) is 2.15. The Hall–Kier alpha value is -0.830. The highest BCUT2D eigenvalue weighted by Gasteiger charge is 2.17. The number of hydrogen-bond acceptors (Lipinski definition) is 2. The van der Waals surface area contributed by atoms with E-state index in [1.54, 1.807) is 0 Å². The van der Waals surface area contributed by atoms with E-state index in [4.69, 9.17) is 0 Å². The van der Waals surface area contributed by atoms with Crippen LogP contribution in [-0.4, -0.2) is 37.0 Å². The monoisotopic (exact) mass is 210 g/mol. The zero-order chi connectivity index (χ0) is 11.1. The molecule has 0 spiro atoms. The van der Waals surface area contributed by atoms with Gasteiger partial charge in [0.25, 0.3) is 0 Å². The summed E-state index contributed by atoms with van der Waals surface area (Å²) in [6, 6.07) is 0.722. The molecule has 1 rings (SSSR count). The van der Waals surface area contributed by atoms with Crippen molar-refractivity contribution in [2.24, 2.45) is 0 Å². The minimum absolute atomic E-state index is 0.0768. The minimum atomic E-state index is -0.0768. The van der Waals surface area contributed by atoms with E-state index in [-0.39, 0.29) is 5.91 Å². The maximum Gasteiger partial charge on any atom is 0.243 e. The first-order chi connectivity index (χ1) is 7.24. The lowest BCUT2D eigenvalue weighted by atomic mass is 9.94. The van der Waals surface area contributed by atoms with Crippen LogP contribution in [0, 0.1) is 0 Å². The van der Waals surface area contributed by atoms with Gasteiger partial charge in [0.2, 0.25) is 5.91 Å². The fraction of sp³-hybridized carbons (Fsp3) is 0.750. The molecule has 1 amide bonds. The van der Waals surface area contributed by atoms with Gasteiger partial charge in [-0.25, -0.2) is 0 Å². The highest BCUT2D eigenvalue weighted by atomic mass is 16.1. The van der Waals surface area contributed by atoms with Gasteiger partial charge in [-0.15, -0.1) is 0 Å². The van der Waals surface area contributed by atoms with Crippen LogP contribution in [0.5, 0.6) is 0 Å². The van der Waals surface area contributed by atoms with Crippen molar-refractivity contribution < 1.29 is 4.79 Å². The van der Waals surface area contributed by atoms with Gasteiger partial charge < -0.3 is 10.2 Å². The van der Waals surface area contributed by atoms with Gasteiger partial charge in [0.15, 0.2) is 0 Å². The molecule has 0 aliphatic heterocycles. The molecular weight excluding hydrogens is 188 g/mol. The van der Waals surface area contributed by atoms with Crippen molar-refractivity contribution in [1.82, 2.24) is 10.2 Å². The van der Waals surface area contributed by atoms with Crippen molar-refractivity contribution in [2.75, 3.05) is 20.1 Å². The van der Waals surface area contributed by atoms with Crippen LogP contribution in [0.2, 0.25) is 0 Å². The third kappa shape index (κ3) is 4.47. The summed E-state index contributed by atoms with van der Waals surface area (Å²) in [4.78, 5) is 13.3. The predicted octanol–water partition coefficient (Wildman–Crippen LogP) is 1.55. The molecule has 15 heavy (non-hydrogen) atoms. The van der Waals surface area contributed by atoms with E-state index in [0.717, 1.165) is 19.1 Å². The minimum Gasteiger partial charge on any atom is -0.351 e. The Bertz CT molecular complexity index is 210. The summed E-state index contributed by atoms with van der Waals surface area (Å²) in [6.45, 7) is 5.08. The van der Waals surface area contributed by atoms with Gasteiger partial charge in [-0.2, -0.15) is 0 Å². The molecule has 0 unspecified atom stereocenters. The Labute approximate surface area is 92.5 Å². The van der Waals surface area contributed by atoms with E-state index in [2.05, 4.69) is 23.8 Å². The molecule has 1 fully saturated rings. The van der Waals surface area contributed by atoms with Crippen LogP contribution in [0.25, 0.3) is 0 Å². The predicted molar refractivity (Wildman–Crippen MR) is 62.7 cm³/mol. The fourth-order valence-electron chi connectivity index (χ4n) is 2.13. The van der Waals surface area contributed by atoms with Gasteiger partial charge in [0.05, 0.1) is 0 Å². The van der Waals surface area contributed by atoms with Crippen LogP contribution in [0.4, 0.5) is 0 Å². The third-order valence-corrected chi connectivity index (χ3v) is 3.15. The molecule has 0 saturated heterocycles. The molecule has 0 heterocycles. The molecule has 1 saturated carbocycles. The molecule has 0 bridgehead atoms. The molecule has 3 heteroatoms. The Kier molecular flexibility index (Phi) is 5.40. The first-order valence-electron chi connectivity index (χ1n) is 5.84. The second-order valence-corrected chi connectivity index (χ2v) is 4.27. The van der Waals surface area contributed by atoms with Crippen LogP contribution >= 0.6 is 0 Å². The summed E-state index contributed by atoms with van der Waals surface area (Å²) in [5.74, 6) is -0.0768. The average Bonchev–Trinajstić information content (AvgIpc) is 2.29. The zero-order valence-electron chi connectivity index (χ0n) is 9.67. The summed E-state index contributed by atoms with van der Waals surface area (Å²) in [5.41, 5.74) is 0. The van der Waals surface area contributed by atoms with Crippen LogP contribution in [0.1, 0.15) is 32.1 Å². The van der Waals surface area contributed by atoms with Crippen LogP contribution < -0.4 is 5.32 Å². The molecule has 0 atom stereocenters. The van der Waals surface area contributed by atoms with Crippen LogP contribution in [0.3, 0.4) is 0 Å². The molecule has 0 aromatic carbocycles. The molecule has 0 aromatic heterocycles. The van der Waals surface area contributed by atoms with E-state index in [0.29, 0.717) is 0 Å². The smallest absolute Gasteiger partial charge is 0.243 e. The van der Waals surface area contributed by atoms with Crippen molar-refractivity contribution in [2.45, 2.75) is 38.1 Å². The molecule has 1 aliphatic rings. The highest BCUT2D eigenvalue weighted by Crippen LogP contribution is 2.20. The van der Waals surface area contributed by atoms with Gasteiger partial charge in [-0.3, -0.25) is 4.79 Å². The number of nitrogens with zero attached hydrogens (tertiary/aromatic N) is 1. The number of hydrogen-bond donors (Lipinski definition) is 1. The van der Waals surface area contributed by atoms with Gasteiger partial charge >= 0.3 is 0 Å². The normalized spacial score (nSPS) is 17.7. The van der Waals surface area contributed by atoms with E-state index in [1.165, 1.54) is 38.2 Å². The first kappa shape index (κ1) is 12.2. The van der Waals surface area contributed by atoms with Crippen molar-refractivity contribution in [3.05, 3.63) is 12.7 Å². The Balaban J connectivity index is 2.14. The maximum atomic E-state index is 10.9. The van der Waals surface area contributed by atoms with Gasteiger partial charge in [0, 0.05) is 19.1 Å². The molecule has 0 aromatic rings. The Morgan fingerprint density at radius 2 is 2.13 bits per heavy atom. The summed E-state index contributed by atoms with van der Waals surface area (Å²) in [5, 5.41) is 2.80. The largest absolute Gasteiger partial charge is 0.351 e. The summed E-state index contributed by atoms with van der Waals surface area (Å²) in [6.07, 6.45) is 8.04. The maximum absolute atomic E-state index is 10.9. The van der Waals surface area contributed by atoms with Gasteiger partial charge in [-0.1, -0.05) is 25.8 Å². The zero-order valence-corrected chi connectivity index (χ0v) is 9.67. The number of likely N-dealkylation sites (N-methyl/N-ethyl adjacent to an activating group) is 1. The van der Waals surface area contributed by atoms with E-state index >= 15 is 0 Å². The number of nitrogens with one attached hydrogen (secondary N) is 1. The van der Waals surface area contributed by atoms with E-state index < -0.39 is 0 Å². The average molecular weight is 210 g/mol. The summed E-state index contributed by atoms with van der Waals surface area (Å²) >= 11 is 0. The van der Waals surface area contributed by atoms with Crippen molar-refractivity contribution in [1.29, 1.82) is 0 Å². The lowest BCUT2D eigenvalue weighted by molar-refractivity contribution is -0.116. The first-order valence-corrected chi connectivity index (χ1v) is 5.84. The van der Waals surface area contributed by atoms with Gasteiger partial charge in [0.1, 0.15) is 0 Å². The highest BCUT2D eigenvalue weighted by molar-refractivity contribution is 5.86. The van der Waals surface area contributed by atoms with Crippen LogP contribution in [0.15, 0.2) is 12.7 Å². The van der Waals surface area contributed by atoms with E-state index in [1.807, 2.05) is 0 Å². The number of amides is 1. The lowest BCUT2D eigenvalue weighted by Gasteiger charge is -2.31. The lowest BCUT2D eigenvalue weighted by Crippen LogP contribution is -2.39. The van der Waals surface area contributed by atoms with E-state index in [9.17, 15) is 4.79 Å².